The number of methoxy groups -OCH3 is 2. The van der Waals surface area contributed by atoms with Crippen LogP contribution in [0.15, 0.2) is 17.0 Å². The molecular weight excluding hydrogens is 347 g/mol. The minimum atomic E-state index is -3.99. The highest BCUT2D eigenvalue weighted by molar-refractivity contribution is 7.89. The molecule has 1 aliphatic carbocycles. The van der Waals surface area contributed by atoms with Crippen molar-refractivity contribution in [3.63, 3.8) is 0 Å². The number of ether oxygens (including phenoxy) is 2. The van der Waals surface area contributed by atoms with Crippen molar-refractivity contribution in [1.29, 1.82) is 0 Å². The van der Waals surface area contributed by atoms with Crippen LogP contribution in [0.3, 0.4) is 0 Å². The van der Waals surface area contributed by atoms with Gasteiger partial charge >= 0.3 is 0 Å². The van der Waals surface area contributed by atoms with E-state index in [1.54, 1.807) is 0 Å². The van der Waals surface area contributed by atoms with Gasteiger partial charge in [-0.15, -0.1) is 12.4 Å². The summed E-state index contributed by atoms with van der Waals surface area (Å²) in [6.07, 6.45) is 2.48. The monoisotopic (exact) mass is 368 g/mol. The van der Waals surface area contributed by atoms with Gasteiger partial charge in [0.25, 0.3) is 0 Å². The highest BCUT2D eigenvalue weighted by atomic mass is 35.5. The molecule has 1 fully saturated rings. The van der Waals surface area contributed by atoms with Crippen molar-refractivity contribution in [1.82, 2.24) is 4.72 Å². The van der Waals surface area contributed by atoms with E-state index in [-0.39, 0.29) is 35.9 Å². The second-order valence-electron chi connectivity index (χ2n) is 5.29. The molecule has 0 amide bonds. The zero-order chi connectivity index (χ0) is 16.3. The fourth-order valence-corrected chi connectivity index (χ4v) is 4.19. The highest BCUT2D eigenvalue weighted by Crippen LogP contribution is 2.33. The minimum Gasteiger partial charge on any atom is -0.493 e. The van der Waals surface area contributed by atoms with Gasteiger partial charge in [-0.1, -0.05) is 6.42 Å². The summed E-state index contributed by atoms with van der Waals surface area (Å²) in [5.74, 6) is -0.504. The predicted molar refractivity (Wildman–Crippen MR) is 87.3 cm³/mol. The Bertz CT molecular complexity index is 642. The first-order valence-electron chi connectivity index (χ1n) is 7.07. The second-order valence-corrected chi connectivity index (χ2v) is 6.97. The fraction of sp³-hybridized carbons (Fsp3) is 0.571. The summed E-state index contributed by atoms with van der Waals surface area (Å²) in [5.41, 5.74) is 5.65. The summed E-state index contributed by atoms with van der Waals surface area (Å²) >= 11 is 0. The molecule has 0 aliphatic heterocycles. The van der Waals surface area contributed by atoms with Crippen LogP contribution in [0.1, 0.15) is 19.3 Å². The van der Waals surface area contributed by atoms with Gasteiger partial charge in [-0.3, -0.25) is 0 Å². The van der Waals surface area contributed by atoms with E-state index in [1.165, 1.54) is 14.2 Å². The number of halogens is 2. The van der Waals surface area contributed by atoms with Crippen molar-refractivity contribution >= 4 is 22.4 Å². The quantitative estimate of drug-likeness (QED) is 0.797. The Morgan fingerprint density at radius 2 is 1.87 bits per heavy atom. The molecule has 3 N–H and O–H groups in total. The fourth-order valence-electron chi connectivity index (χ4n) is 2.78. The number of hydrogen-bond acceptors (Lipinski definition) is 5. The standard InChI is InChI=1S/C14H21FN2O4S.ClH/c1-20-12-6-10(15)14(7-13(12)21-2)22(18,19)17-11-5-3-4-9(11)8-16;/h6-7,9,11,17H,3-5,8,16H2,1-2H3;1H. The van der Waals surface area contributed by atoms with Crippen molar-refractivity contribution in [2.24, 2.45) is 11.7 Å². The lowest BCUT2D eigenvalue weighted by Gasteiger charge is -2.20. The molecule has 1 aromatic rings. The SMILES string of the molecule is COc1cc(F)c(S(=O)(=O)NC2CCCC2CN)cc1OC.Cl. The molecule has 0 bridgehead atoms. The van der Waals surface area contributed by atoms with E-state index in [1.807, 2.05) is 0 Å². The number of benzene rings is 1. The summed E-state index contributed by atoms with van der Waals surface area (Å²) in [4.78, 5) is -0.451. The maximum atomic E-state index is 14.1. The van der Waals surface area contributed by atoms with Crippen molar-refractivity contribution in [3.05, 3.63) is 17.9 Å². The van der Waals surface area contributed by atoms with Crippen LogP contribution in [0.25, 0.3) is 0 Å². The highest BCUT2D eigenvalue weighted by Gasteiger charge is 2.32. The number of nitrogens with one attached hydrogen (secondary N) is 1. The Balaban J connectivity index is 0.00000264. The molecule has 0 saturated heterocycles. The Hall–Kier alpha value is -1.09. The Morgan fingerprint density at radius 1 is 1.26 bits per heavy atom. The molecule has 1 aliphatic rings. The maximum Gasteiger partial charge on any atom is 0.243 e. The van der Waals surface area contributed by atoms with Crippen LogP contribution in [-0.2, 0) is 10.0 Å². The summed E-state index contributed by atoms with van der Waals surface area (Å²) < 4.78 is 51.6. The predicted octanol–water partition coefficient (Wildman–Crippen LogP) is 1.67. The molecule has 2 rings (SSSR count). The van der Waals surface area contributed by atoms with E-state index in [0.29, 0.717) is 13.0 Å². The summed E-state index contributed by atoms with van der Waals surface area (Å²) in [6, 6.07) is 1.87. The topological polar surface area (TPSA) is 90.7 Å². The molecule has 0 aromatic heterocycles. The minimum absolute atomic E-state index is 0. The molecule has 1 saturated carbocycles. The lowest BCUT2D eigenvalue weighted by Crippen LogP contribution is -2.40. The molecule has 132 valence electrons. The number of rotatable bonds is 6. The third-order valence-electron chi connectivity index (χ3n) is 4.00. The first-order valence-corrected chi connectivity index (χ1v) is 8.55. The zero-order valence-corrected chi connectivity index (χ0v) is 14.7. The van der Waals surface area contributed by atoms with Crippen LogP contribution in [0.2, 0.25) is 0 Å². The van der Waals surface area contributed by atoms with Crippen LogP contribution in [-0.4, -0.2) is 35.2 Å². The molecular formula is C14H22ClFN2O4S. The molecule has 23 heavy (non-hydrogen) atoms. The van der Waals surface area contributed by atoms with E-state index >= 15 is 0 Å². The van der Waals surface area contributed by atoms with Crippen molar-refractivity contribution in [2.45, 2.75) is 30.2 Å². The zero-order valence-electron chi connectivity index (χ0n) is 13.0. The first-order chi connectivity index (χ1) is 10.4. The van der Waals surface area contributed by atoms with Gasteiger partial charge in [0, 0.05) is 18.2 Å². The van der Waals surface area contributed by atoms with Crippen molar-refractivity contribution in [2.75, 3.05) is 20.8 Å². The van der Waals surface area contributed by atoms with Gasteiger partial charge in [0.05, 0.1) is 14.2 Å². The number of sulfonamides is 1. The van der Waals surface area contributed by atoms with Crippen molar-refractivity contribution in [3.8, 4) is 11.5 Å². The Morgan fingerprint density at radius 3 is 2.43 bits per heavy atom. The van der Waals surface area contributed by atoms with E-state index in [4.69, 9.17) is 15.2 Å². The third-order valence-corrected chi connectivity index (χ3v) is 5.50. The van der Waals surface area contributed by atoms with Crippen LogP contribution in [0, 0.1) is 11.7 Å². The molecule has 2 atom stereocenters. The summed E-state index contributed by atoms with van der Waals surface area (Å²) in [7, 11) is -1.27. The first kappa shape index (κ1) is 20.0. The Labute approximate surface area is 142 Å². The smallest absolute Gasteiger partial charge is 0.243 e. The second kappa shape index (κ2) is 8.14. The summed E-state index contributed by atoms with van der Waals surface area (Å²) in [6.45, 7) is 0.404. The molecule has 0 heterocycles. The lowest BCUT2D eigenvalue weighted by atomic mass is 10.1. The van der Waals surface area contributed by atoms with Gasteiger partial charge in [-0.2, -0.15) is 0 Å². The normalized spacial score (nSPS) is 20.9. The van der Waals surface area contributed by atoms with Crippen LogP contribution < -0.4 is 19.9 Å². The molecule has 2 unspecified atom stereocenters. The number of nitrogens with two attached hydrogens (primary N) is 1. The van der Waals surface area contributed by atoms with Gasteiger partial charge in [0.1, 0.15) is 10.7 Å². The van der Waals surface area contributed by atoms with Crippen LogP contribution >= 0.6 is 12.4 Å². The summed E-state index contributed by atoms with van der Waals surface area (Å²) in [5, 5.41) is 0. The average Bonchev–Trinajstić information content (AvgIpc) is 2.92. The third kappa shape index (κ3) is 4.26. The van der Waals surface area contributed by atoms with E-state index in [2.05, 4.69) is 4.72 Å². The van der Waals surface area contributed by atoms with Gasteiger partial charge in [-0.05, 0) is 25.3 Å². The molecule has 1 aromatic carbocycles. The van der Waals surface area contributed by atoms with Crippen LogP contribution in [0.5, 0.6) is 11.5 Å². The lowest BCUT2D eigenvalue weighted by molar-refractivity contribution is 0.350. The molecule has 9 heteroatoms. The molecule has 6 nitrogen and oxygen atoms in total. The maximum absolute atomic E-state index is 14.1. The van der Waals surface area contributed by atoms with E-state index < -0.39 is 20.7 Å². The Kier molecular flexibility index (Phi) is 7.06. The molecule has 0 radical (unpaired) electrons. The van der Waals surface area contributed by atoms with Crippen LogP contribution in [0.4, 0.5) is 4.39 Å². The van der Waals surface area contributed by atoms with Gasteiger partial charge < -0.3 is 15.2 Å². The van der Waals surface area contributed by atoms with Gasteiger partial charge in [0.2, 0.25) is 10.0 Å². The van der Waals surface area contributed by atoms with Crippen molar-refractivity contribution < 1.29 is 22.3 Å². The molecule has 0 spiro atoms. The largest absolute Gasteiger partial charge is 0.493 e. The van der Waals surface area contributed by atoms with Gasteiger partial charge in [0.15, 0.2) is 11.5 Å². The average molecular weight is 369 g/mol. The van der Waals surface area contributed by atoms with Gasteiger partial charge in [-0.25, -0.2) is 17.5 Å². The van der Waals surface area contributed by atoms with E-state index in [0.717, 1.165) is 25.0 Å². The number of hydrogen-bond donors (Lipinski definition) is 2. The van der Waals surface area contributed by atoms with E-state index in [9.17, 15) is 12.8 Å².